The van der Waals surface area contributed by atoms with E-state index in [0.717, 1.165) is 22.3 Å². The summed E-state index contributed by atoms with van der Waals surface area (Å²) in [6.07, 6.45) is 5.18. The molecule has 5 rings (SSSR count). The summed E-state index contributed by atoms with van der Waals surface area (Å²) in [5.74, 6) is -0.282. The van der Waals surface area contributed by atoms with Crippen LogP contribution in [0.4, 0.5) is 10.1 Å². The first-order valence-electron chi connectivity index (χ1n) is 10.5. The lowest BCUT2D eigenvalue weighted by Crippen LogP contribution is -2.53. The number of piperazine rings is 1. The van der Waals surface area contributed by atoms with Gasteiger partial charge in [0.2, 0.25) is 10.0 Å². The number of sulfonamides is 1. The molecule has 1 fully saturated rings. The molecule has 9 heteroatoms. The first kappa shape index (κ1) is 20.7. The second-order valence-electron chi connectivity index (χ2n) is 8.20. The number of benzene rings is 2. The largest absolute Gasteiger partial charge is 0.369 e. The van der Waals surface area contributed by atoms with Crippen LogP contribution < -0.4 is 4.90 Å². The van der Waals surface area contributed by atoms with Crippen LogP contribution in [0.15, 0.2) is 72.0 Å². The van der Waals surface area contributed by atoms with Crippen LogP contribution in [0, 0.1) is 5.82 Å². The van der Waals surface area contributed by atoms with Crippen LogP contribution in [0.1, 0.15) is 6.92 Å². The highest BCUT2D eigenvalue weighted by Crippen LogP contribution is 2.28. The average molecular weight is 454 g/mol. The highest BCUT2D eigenvalue weighted by atomic mass is 32.2. The topological polar surface area (TPSA) is 63.4 Å². The van der Waals surface area contributed by atoms with Crippen LogP contribution in [0.5, 0.6) is 0 Å². The minimum absolute atomic E-state index is 0.161. The van der Waals surface area contributed by atoms with Crippen molar-refractivity contribution in [3.05, 3.63) is 72.9 Å². The zero-order chi connectivity index (χ0) is 22.5. The molecule has 0 amide bonds. The van der Waals surface area contributed by atoms with Gasteiger partial charge in [-0.2, -0.15) is 9.40 Å². The minimum atomic E-state index is -3.52. The van der Waals surface area contributed by atoms with Crippen LogP contribution in [-0.2, 0) is 17.1 Å². The maximum absolute atomic E-state index is 13.3. The van der Waals surface area contributed by atoms with Crippen LogP contribution in [0.25, 0.3) is 16.6 Å². The molecular weight excluding hydrogens is 429 g/mol. The molecule has 1 atom stereocenters. The summed E-state index contributed by atoms with van der Waals surface area (Å²) in [5.41, 5.74) is 2.75. The number of aryl methyl sites for hydroxylation is 1. The molecule has 1 saturated heterocycles. The molecule has 1 aliphatic heterocycles. The first-order chi connectivity index (χ1) is 15.3. The third kappa shape index (κ3) is 3.57. The van der Waals surface area contributed by atoms with Crippen LogP contribution in [0.2, 0.25) is 0 Å². The maximum atomic E-state index is 13.3. The van der Waals surface area contributed by atoms with Crippen LogP contribution in [0.3, 0.4) is 0 Å². The Morgan fingerprint density at radius 1 is 1.03 bits per heavy atom. The van der Waals surface area contributed by atoms with Crippen molar-refractivity contribution in [2.45, 2.75) is 17.9 Å². The summed E-state index contributed by atoms with van der Waals surface area (Å²) in [7, 11) is -1.70. The molecule has 0 saturated carbocycles. The predicted molar refractivity (Wildman–Crippen MR) is 122 cm³/mol. The fourth-order valence-corrected chi connectivity index (χ4v) is 5.97. The van der Waals surface area contributed by atoms with Crippen LogP contribution in [-0.4, -0.2) is 52.7 Å². The van der Waals surface area contributed by atoms with Gasteiger partial charge in [0.15, 0.2) is 0 Å². The molecule has 0 spiro atoms. The molecule has 0 unspecified atom stereocenters. The van der Waals surface area contributed by atoms with Crippen molar-refractivity contribution in [3.8, 4) is 5.69 Å². The van der Waals surface area contributed by atoms with Gasteiger partial charge in [-0.25, -0.2) is 17.5 Å². The Bertz CT molecular complexity index is 1380. The highest BCUT2D eigenvalue weighted by molar-refractivity contribution is 7.89. The maximum Gasteiger partial charge on any atom is 0.244 e. The SMILES string of the molecule is C[C@H]1CN(c2ccc3c(cnn3-c3ccc(F)cc3)c2)CCN1S(=O)(=O)c1ccn(C)c1. The zero-order valence-corrected chi connectivity index (χ0v) is 18.7. The minimum Gasteiger partial charge on any atom is -0.369 e. The third-order valence-electron chi connectivity index (χ3n) is 5.97. The van der Waals surface area contributed by atoms with Gasteiger partial charge < -0.3 is 9.47 Å². The molecule has 7 nitrogen and oxygen atoms in total. The van der Waals surface area contributed by atoms with Gasteiger partial charge in [-0.3, -0.25) is 0 Å². The molecule has 1 aliphatic rings. The van der Waals surface area contributed by atoms with E-state index >= 15 is 0 Å². The van der Waals surface area contributed by atoms with Gasteiger partial charge in [-0.15, -0.1) is 0 Å². The van der Waals surface area contributed by atoms with E-state index < -0.39 is 10.0 Å². The Morgan fingerprint density at radius 2 is 1.78 bits per heavy atom. The quantitative estimate of drug-likeness (QED) is 0.475. The number of halogens is 1. The third-order valence-corrected chi connectivity index (χ3v) is 7.96. The summed E-state index contributed by atoms with van der Waals surface area (Å²) >= 11 is 0. The van der Waals surface area contributed by atoms with Crippen LogP contribution >= 0.6 is 0 Å². The monoisotopic (exact) mass is 453 g/mol. The van der Waals surface area contributed by atoms with Gasteiger partial charge >= 0.3 is 0 Å². The molecule has 0 bridgehead atoms. The highest BCUT2D eigenvalue weighted by Gasteiger charge is 2.34. The Balaban J connectivity index is 1.37. The van der Waals surface area contributed by atoms with E-state index in [4.69, 9.17) is 0 Å². The van der Waals surface area contributed by atoms with Gasteiger partial charge in [0.25, 0.3) is 0 Å². The van der Waals surface area contributed by atoms with Crippen molar-refractivity contribution in [2.24, 2.45) is 7.05 Å². The first-order valence-corrected chi connectivity index (χ1v) is 11.9. The number of fused-ring (bicyclic) bond motifs is 1. The molecule has 32 heavy (non-hydrogen) atoms. The Morgan fingerprint density at radius 3 is 2.47 bits per heavy atom. The molecule has 166 valence electrons. The van der Waals surface area contributed by atoms with Crippen molar-refractivity contribution in [1.82, 2.24) is 18.7 Å². The lowest BCUT2D eigenvalue weighted by molar-refractivity contribution is 0.307. The lowest BCUT2D eigenvalue weighted by atomic mass is 10.1. The van der Waals surface area contributed by atoms with E-state index in [1.165, 1.54) is 12.1 Å². The fourth-order valence-electron chi connectivity index (χ4n) is 4.30. The number of hydrogen-bond donors (Lipinski definition) is 0. The Kier molecular flexibility index (Phi) is 5.02. The number of nitrogens with zero attached hydrogens (tertiary/aromatic N) is 5. The van der Waals surface area contributed by atoms with E-state index in [9.17, 15) is 12.8 Å². The Labute approximate surface area is 186 Å². The summed E-state index contributed by atoms with van der Waals surface area (Å²) in [5, 5.41) is 5.43. The van der Waals surface area contributed by atoms with Crippen molar-refractivity contribution in [3.63, 3.8) is 0 Å². The second kappa shape index (κ2) is 7.75. The summed E-state index contributed by atoms with van der Waals surface area (Å²) in [6.45, 7) is 3.57. The molecule has 3 heterocycles. The fraction of sp³-hybridized carbons (Fsp3) is 0.261. The van der Waals surface area contributed by atoms with Crippen molar-refractivity contribution in [2.75, 3.05) is 24.5 Å². The predicted octanol–water partition coefficient (Wildman–Crippen LogP) is 3.40. The number of hydrogen-bond acceptors (Lipinski definition) is 4. The van der Waals surface area contributed by atoms with Gasteiger partial charge in [-0.05, 0) is 55.5 Å². The average Bonchev–Trinajstić information content (AvgIpc) is 3.40. The Hall–Kier alpha value is -3.17. The standard InChI is InChI=1S/C23H24FN5O2S/c1-17-15-27(11-12-28(17)32(30,31)22-9-10-26(2)16-22)21-7-8-23-18(13-21)14-25-29(23)20-5-3-19(24)4-6-20/h3-10,13-14,16-17H,11-12,15H2,1-2H3/t17-/m0/s1. The molecular formula is C23H24FN5O2S. The van der Waals surface area contributed by atoms with Crippen molar-refractivity contribution < 1.29 is 12.8 Å². The van der Waals surface area contributed by atoms with E-state index in [-0.39, 0.29) is 11.9 Å². The van der Waals surface area contributed by atoms with Crippen molar-refractivity contribution >= 4 is 26.6 Å². The zero-order valence-electron chi connectivity index (χ0n) is 17.9. The van der Waals surface area contributed by atoms with Gasteiger partial charge in [0.05, 0.1) is 22.3 Å². The van der Waals surface area contributed by atoms with E-state index in [2.05, 4.69) is 16.1 Å². The second-order valence-corrected chi connectivity index (χ2v) is 10.1. The van der Waals surface area contributed by atoms with E-state index in [1.807, 2.05) is 26.1 Å². The molecule has 4 aromatic rings. The normalized spacial score (nSPS) is 17.8. The summed E-state index contributed by atoms with van der Waals surface area (Å²) in [4.78, 5) is 2.53. The van der Waals surface area contributed by atoms with Gasteiger partial charge in [0.1, 0.15) is 5.82 Å². The molecule has 0 aliphatic carbocycles. The number of anilines is 1. The lowest BCUT2D eigenvalue weighted by Gasteiger charge is -2.40. The van der Waals surface area contributed by atoms with Crippen molar-refractivity contribution in [1.29, 1.82) is 0 Å². The molecule has 0 N–H and O–H groups in total. The number of rotatable bonds is 4. The molecule has 2 aromatic heterocycles. The van der Waals surface area contributed by atoms with Gasteiger partial charge in [0, 0.05) is 56.2 Å². The number of aromatic nitrogens is 3. The molecule has 0 radical (unpaired) electrons. The summed E-state index contributed by atoms with van der Waals surface area (Å²) < 4.78 is 44.5. The van der Waals surface area contributed by atoms with Gasteiger partial charge in [-0.1, -0.05) is 0 Å². The van der Waals surface area contributed by atoms with E-state index in [1.54, 1.807) is 50.3 Å². The van der Waals surface area contributed by atoms with E-state index in [0.29, 0.717) is 24.5 Å². The smallest absolute Gasteiger partial charge is 0.244 e. The molecule has 2 aromatic carbocycles. The summed E-state index contributed by atoms with van der Waals surface area (Å²) in [6, 6.07) is 13.8.